The Morgan fingerprint density at radius 2 is 1.85 bits per heavy atom. The van der Waals surface area contributed by atoms with Crippen LogP contribution in [0.4, 0.5) is 17.6 Å². The lowest BCUT2D eigenvalue weighted by molar-refractivity contribution is -0.183. The van der Waals surface area contributed by atoms with Gasteiger partial charge in [0.15, 0.2) is 12.0 Å². The third-order valence-electron chi connectivity index (χ3n) is 3.46. The zero-order valence-corrected chi connectivity index (χ0v) is 13.3. The molecule has 3 rings (SSSR count). The maximum absolute atomic E-state index is 13.1. The van der Waals surface area contributed by atoms with E-state index < -0.39 is 25.4 Å². The molecule has 1 aromatic carbocycles. The predicted molar refractivity (Wildman–Crippen MR) is 83.4 cm³/mol. The molecular weight excluding hydrogens is 354 g/mol. The molecule has 1 atom stereocenters. The summed E-state index contributed by atoms with van der Waals surface area (Å²) in [5.41, 5.74) is 1.09. The second-order valence-corrected chi connectivity index (χ2v) is 5.23. The highest BCUT2D eigenvalue weighted by Gasteiger charge is 2.39. The van der Waals surface area contributed by atoms with Crippen molar-refractivity contribution < 1.29 is 22.3 Å². The third kappa shape index (κ3) is 3.95. The van der Waals surface area contributed by atoms with E-state index in [1.165, 1.54) is 23.7 Å². The second-order valence-electron chi connectivity index (χ2n) is 5.23. The van der Waals surface area contributed by atoms with Gasteiger partial charge in [-0.3, -0.25) is 0 Å². The van der Waals surface area contributed by atoms with Gasteiger partial charge in [0.2, 0.25) is 5.88 Å². The molecule has 0 N–H and O–H groups in total. The fourth-order valence-corrected chi connectivity index (χ4v) is 2.24. The van der Waals surface area contributed by atoms with Gasteiger partial charge in [0.1, 0.15) is 19.0 Å². The van der Waals surface area contributed by atoms with E-state index in [-0.39, 0.29) is 5.88 Å². The number of alkyl halides is 4. The fourth-order valence-electron chi connectivity index (χ4n) is 2.24. The molecule has 1 unspecified atom stereocenters. The first-order chi connectivity index (χ1) is 12.5. The van der Waals surface area contributed by atoms with Gasteiger partial charge in [0, 0.05) is 6.42 Å². The molecule has 0 spiro atoms. The molecule has 0 fully saturated rings. The van der Waals surface area contributed by atoms with Gasteiger partial charge in [-0.25, -0.2) is 24.0 Å². The van der Waals surface area contributed by atoms with Crippen molar-refractivity contribution in [2.45, 2.75) is 18.8 Å². The highest BCUT2D eigenvalue weighted by Crippen LogP contribution is 2.33. The number of nitrogens with zero attached hydrogens (tertiary/aromatic N) is 5. The van der Waals surface area contributed by atoms with Crippen molar-refractivity contribution in [2.24, 2.45) is 0 Å². The largest absolute Gasteiger partial charge is 0.477 e. The molecular formula is C16H13F4N5O. The monoisotopic (exact) mass is 367 g/mol. The average molecular weight is 367 g/mol. The Hall–Kier alpha value is -3.04. The normalized spacial score (nSPS) is 12.8. The highest BCUT2D eigenvalue weighted by molar-refractivity contribution is 5.75. The summed E-state index contributed by atoms with van der Waals surface area (Å²) in [4.78, 5) is 12.0. The molecule has 10 heteroatoms. The summed E-state index contributed by atoms with van der Waals surface area (Å²) in [6, 6.07) is 8.89. The van der Waals surface area contributed by atoms with Gasteiger partial charge in [0.05, 0.1) is 12.2 Å². The van der Waals surface area contributed by atoms with E-state index in [2.05, 4.69) is 20.1 Å². The molecule has 0 radical (unpaired) electrons. The first-order valence-corrected chi connectivity index (χ1v) is 7.56. The molecule has 0 aliphatic rings. The predicted octanol–water partition coefficient (Wildman–Crippen LogP) is 3.39. The van der Waals surface area contributed by atoms with Crippen LogP contribution in [0, 0.1) is 0 Å². The Morgan fingerprint density at radius 1 is 1.08 bits per heavy atom. The van der Waals surface area contributed by atoms with Crippen LogP contribution in [-0.2, 0) is 0 Å². The lowest BCUT2D eigenvalue weighted by Crippen LogP contribution is -2.26. The number of hydrogen-bond donors (Lipinski definition) is 0. The zero-order chi connectivity index (χ0) is 18.6. The van der Waals surface area contributed by atoms with Crippen molar-refractivity contribution in [1.29, 1.82) is 0 Å². The molecule has 0 saturated carbocycles. The summed E-state index contributed by atoms with van der Waals surface area (Å²) in [6.45, 7) is -0.492. The summed E-state index contributed by atoms with van der Waals surface area (Å²) < 4.78 is 56.7. The van der Waals surface area contributed by atoms with Crippen LogP contribution in [0.2, 0.25) is 0 Å². The van der Waals surface area contributed by atoms with Crippen molar-refractivity contribution >= 4 is 0 Å². The van der Waals surface area contributed by atoms with Gasteiger partial charge in [-0.2, -0.15) is 18.3 Å². The van der Waals surface area contributed by atoms with E-state index in [0.717, 1.165) is 0 Å². The van der Waals surface area contributed by atoms with Gasteiger partial charge in [-0.05, 0) is 5.56 Å². The standard InChI is InChI=1S/C16H13F4N5O/c17-12(16(18,19)20)6-7-26-15-13(11-4-2-1-3-5-11)14(22-9-23-15)25-10-21-8-24-25/h1-5,8-10,12H,6-7H2. The molecule has 0 aliphatic carbocycles. The van der Waals surface area contributed by atoms with Crippen LogP contribution in [-0.4, -0.2) is 43.7 Å². The van der Waals surface area contributed by atoms with E-state index in [1.54, 1.807) is 30.3 Å². The average Bonchev–Trinajstić information content (AvgIpc) is 3.16. The van der Waals surface area contributed by atoms with Crippen molar-refractivity contribution in [3.05, 3.63) is 49.3 Å². The Labute approximate surface area is 145 Å². The van der Waals surface area contributed by atoms with Crippen LogP contribution < -0.4 is 4.74 Å². The minimum atomic E-state index is -4.91. The molecule has 0 saturated heterocycles. The maximum Gasteiger partial charge on any atom is 0.419 e. The summed E-state index contributed by atoms with van der Waals surface area (Å²) >= 11 is 0. The summed E-state index contributed by atoms with van der Waals surface area (Å²) in [5, 5.41) is 4.01. The number of benzene rings is 1. The molecule has 136 valence electrons. The van der Waals surface area contributed by atoms with E-state index in [9.17, 15) is 17.6 Å². The summed E-state index contributed by atoms with van der Waals surface area (Å²) in [6.07, 6.45) is -4.79. The molecule has 0 aliphatic heterocycles. The summed E-state index contributed by atoms with van der Waals surface area (Å²) in [7, 11) is 0. The maximum atomic E-state index is 13.1. The van der Waals surface area contributed by atoms with Crippen LogP contribution in [0.1, 0.15) is 6.42 Å². The van der Waals surface area contributed by atoms with E-state index >= 15 is 0 Å². The van der Waals surface area contributed by atoms with E-state index in [4.69, 9.17) is 4.74 Å². The van der Waals surface area contributed by atoms with Crippen LogP contribution in [0.25, 0.3) is 16.9 Å². The zero-order valence-electron chi connectivity index (χ0n) is 13.3. The van der Waals surface area contributed by atoms with Crippen LogP contribution in [0.3, 0.4) is 0 Å². The molecule has 0 amide bonds. The van der Waals surface area contributed by atoms with E-state index in [0.29, 0.717) is 16.9 Å². The van der Waals surface area contributed by atoms with Gasteiger partial charge >= 0.3 is 6.18 Å². The first kappa shape index (κ1) is 17.8. The molecule has 2 heterocycles. The number of aromatic nitrogens is 5. The molecule has 3 aromatic rings. The Morgan fingerprint density at radius 3 is 2.50 bits per heavy atom. The van der Waals surface area contributed by atoms with Crippen LogP contribution in [0.15, 0.2) is 49.3 Å². The molecule has 6 nitrogen and oxygen atoms in total. The summed E-state index contributed by atoms with van der Waals surface area (Å²) in [5.74, 6) is 0.373. The van der Waals surface area contributed by atoms with Gasteiger partial charge in [-0.15, -0.1) is 0 Å². The van der Waals surface area contributed by atoms with Crippen molar-refractivity contribution in [2.75, 3.05) is 6.61 Å². The van der Waals surface area contributed by atoms with Crippen LogP contribution >= 0.6 is 0 Å². The third-order valence-corrected chi connectivity index (χ3v) is 3.46. The quantitative estimate of drug-likeness (QED) is 0.625. The SMILES string of the molecule is FC(CCOc1ncnc(-n2cncn2)c1-c1ccccc1)C(F)(F)F. The Balaban J connectivity index is 1.91. The Bertz CT molecular complexity index is 840. The first-order valence-electron chi connectivity index (χ1n) is 7.56. The lowest BCUT2D eigenvalue weighted by Gasteiger charge is -2.15. The molecule has 0 bridgehead atoms. The smallest absolute Gasteiger partial charge is 0.419 e. The molecule has 26 heavy (non-hydrogen) atoms. The van der Waals surface area contributed by atoms with E-state index in [1.807, 2.05) is 0 Å². The number of ether oxygens (including phenoxy) is 1. The number of rotatable bonds is 6. The van der Waals surface area contributed by atoms with Gasteiger partial charge in [-0.1, -0.05) is 30.3 Å². The Kier molecular flexibility index (Phi) is 5.10. The molecule has 2 aromatic heterocycles. The van der Waals surface area contributed by atoms with Crippen LogP contribution in [0.5, 0.6) is 5.88 Å². The van der Waals surface area contributed by atoms with Crippen molar-refractivity contribution in [3.8, 4) is 22.8 Å². The number of hydrogen-bond acceptors (Lipinski definition) is 5. The number of halogens is 4. The lowest BCUT2D eigenvalue weighted by atomic mass is 10.1. The fraction of sp³-hybridized carbons (Fsp3) is 0.250. The highest BCUT2D eigenvalue weighted by atomic mass is 19.4. The van der Waals surface area contributed by atoms with Crippen molar-refractivity contribution in [3.63, 3.8) is 0 Å². The van der Waals surface area contributed by atoms with Crippen molar-refractivity contribution in [1.82, 2.24) is 24.7 Å². The van der Waals surface area contributed by atoms with Gasteiger partial charge in [0.25, 0.3) is 0 Å². The second kappa shape index (κ2) is 7.46. The minimum Gasteiger partial charge on any atom is -0.477 e. The van der Waals surface area contributed by atoms with Gasteiger partial charge < -0.3 is 4.74 Å². The minimum absolute atomic E-state index is 0.0334. The topological polar surface area (TPSA) is 65.7 Å².